The summed E-state index contributed by atoms with van der Waals surface area (Å²) < 4.78 is 36.0. The predicted octanol–water partition coefficient (Wildman–Crippen LogP) is 4.69. The van der Waals surface area contributed by atoms with Gasteiger partial charge in [0.05, 0.1) is 21.3 Å². The highest BCUT2D eigenvalue weighted by molar-refractivity contribution is 5.89. The summed E-state index contributed by atoms with van der Waals surface area (Å²) in [6.45, 7) is 2.25. The summed E-state index contributed by atoms with van der Waals surface area (Å²) in [5.41, 5.74) is 2.53. The molecule has 0 N–H and O–H groups in total. The number of benzene rings is 3. The van der Waals surface area contributed by atoms with E-state index in [1.807, 2.05) is 43.3 Å². The smallest absolute Gasteiger partial charge is 0.267 e. The molecule has 172 valence electrons. The highest BCUT2D eigenvalue weighted by Crippen LogP contribution is 2.45. The van der Waals surface area contributed by atoms with Gasteiger partial charge in [-0.2, -0.15) is 0 Å². The summed E-state index contributed by atoms with van der Waals surface area (Å²) in [7, 11) is 4.63. The first-order chi connectivity index (χ1) is 16.0. The predicted molar refractivity (Wildman–Crippen MR) is 121 cm³/mol. The Morgan fingerprint density at radius 3 is 2.09 bits per heavy atom. The second-order valence-electron chi connectivity index (χ2n) is 7.80. The monoisotopic (exact) mass is 451 g/mol. The number of β-lactam (4-membered cyclic amide) rings is 1. The Bertz CT molecular complexity index is 1120. The maximum atomic E-state index is 13.4. The summed E-state index contributed by atoms with van der Waals surface area (Å²) in [6.07, 6.45) is -0.727. The molecular formula is C26H26FNO5. The fourth-order valence-electron chi connectivity index (χ4n) is 4.05. The molecule has 0 aliphatic carbocycles. The van der Waals surface area contributed by atoms with Gasteiger partial charge in [0.25, 0.3) is 5.91 Å². The molecule has 33 heavy (non-hydrogen) atoms. The number of para-hydroxylation sites is 1. The SMILES string of the molecule is COc1cc([C@@H]2[C@@H](Oc3ccccc3C)C(=O)N2Cc2ccc(F)cc2)cc(OC)c1OC. The van der Waals surface area contributed by atoms with Gasteiger partial charge in [0.1, 0.15) is 17.6 Å². The Labute approximate surface area is 192 Å². The van der Waals surface area contributed by atoms with Crippen LogP contribution in [0.2, 0.25) is 0 Å². The molecule has 0 bridgehead atoms. The van der Waals surface area contributed by atoms with Crippen LogP contribution in [0.3, 0.4) is 0 Å². The summed E-state index contributed by atoms with van der Waals surface area (Å²) in [6, 6.07) is 16.9. The first-order valence-electron chi connectivity index (χ1n) is 10.5. The fourth-order valence-corrected chi connectivity index (χ4v) is 4.05. The molecule has 0 unspecified atom stereocenters. The Balaban J connectivity index is 1.73. The lowest BCUT2D eigenvalue weighted by Crippen LogP contribution is -2.60. The van der Waals surface area contributed by atoms with Crippen molar-refractivity contribution in [2.45, 2.75) is 25.6 Å². The third-order valence-corrected chi connectivity index (χ3v) is 5.79. The molecule has 6 nitrogen and oxygen atoms in total. The number of halogens is 1. The molecule has 3 aromatic carbocycles. The molecule has 0 spiro atoms. The molecule has 1 saturated heterocycles. The lowest BCUT2D eigenvalue weighted by molar-refractivity contribution is -0.165. The van der Waals surface area contributed by atoms with E-state index >= 15 is 0 Å². The number of amides is 1. The fraction of sp³-hybridized carbons (Fsp3) is 0.269. The first kappa shape index (κ1) is 22.5. The molecule has 1 aliphatic rings. The molecule has 1 fully saturated rings. The molecular weight excluding hydrogens is 425 g/mol. The minimum absolute atomic E-state index is 0.152. The minimum Gasteiger partial charge on any atom is -0.493 e. The van der Waals surface area contributed by atoms with Crippen LogP contribution in [0.5, 0.6) is 23.0 Å². The van der Waals surface area contributed by atoms with Gasteiger partial charge < -0.3 is 23.8 Å². The zero-order valence-corrected chi connectivity index (χ0v) is 19.0. The molecule has 0 aromatic heterocycles. The van der Waals surface area contributed by atoms with E-state index in [0.29, 0.717) is 29.5 Å². The summed E-state index contributed by atoms with van der Waals surface area (Å²) in [5, 5.41) is 0. The van der Waals surface area contributed by atoms with Crippen molar-refractivity contribution in [2.75, 3.05) is 21.3 Å². The maximum absolute atomic E-state index is 13.4. The highest BCUT2D eigenvalue weighted by Gasteiger charge is 2.50. The number of likely N-dealkylation sites (tertiary alicyclic amines) is 1. The van der Waals surface area contributed by atoms with Crippen LogP contribution in [0.25, 0.3) is 0 Å². The molecule has 2 atom stereocenters. The number of rotatable bonds is 8. The highest BCUT2D eigenvalue weighted by atomic mass is 19.1. The van der Waals surface area contributed by atoms with E-state index in [1.54, 1.807) is 31.3 Å². The number of ether oxygens (including phenoxy) is 4. The number of aryl methyl sites for hydroxylation is 1. The lowest BCUT2D eigenvalue weighted by atomic mass is 9.89. The van der Waals surface area contributed by atoms with Crippen LogP contribution in [0, 0.1) is 12.7 Å². The van der Waals surface area contributed by atoms with E-state index in [9.17, 15) is 9.18 Å². The lowest BCUT2D eigenvalue weighted by Gasteiger charge is -2.47. The van der Waals surface area contributed by atoms with Crippen LogP contribution >= 0.6 is 0 Å². The van der Waals surface area contributed by atoms with Gasteiger partial charge in [0.15, 0.2) is 11.5 Å². The maximum Gasteiger partial charge on any atom is 0.267 e. The number of hydrogen-bond donors (Lipinski definition) is 0. The Morgan fingerprint density at radius 2 is 1.52 bits per heavy atom. The van der Waals surface area contributed by atoms with Gasteiger partial charge in [-0.05, 0) is 53.9 Å². The van der Waals surface area contributed by atoms with Crippen LogP contribution in [0.4, 0.5) is 4.39 Å². The van der Waals surface area contributed by atoms with E-state index in [1.165, 1.54) is 19.2 Å². The molecule has 0 radical (unpaired) electrons. The first-order valence-corrected chi connectivity index (χ1v) is 10.5. The van der Waals surface area contributed by atoms with Gasteiger partial charge in [-0.15, -0.1) is 0 Å². The normalized spacial score (nSPS) is 17.4. The standard InChI is InChI=1S/C26H26FNO5/c1-16-7-5-6-8-20(16)33-25-23(18-13-21(30-2)24(32-4)22(14-18)31-3)28(26(25)29)15-17-9-11-19(27)12-10-17/h5-14,23,25H,15H2,1-4H3/t23-,25-/m1/s1. The summed E-state index contributed by atoms with van der Waals surface area (Å²) in [5.74, 6) is 1.62. The van der Waals surface area contributed by atoms with E-state index in [4.69, 9.17) is 18.9 Å². The van der Waals surface area contributed by atoms with Crippen LogP contribution in [-0.2, 0) is 11.3 Å². The third-order valence-electron chi connectivity index (χ3n) is 5.79. The van der Waals surface area contributed by atoms with Crippen molar-refractivity contribution in [3.8, 4) is 23.0 Å². The average Bonchev–Trinajstić information content (AvgIpc) is 2.84. The number of carbonyl (C=O) groups is 1. The van der Waals surface area contributed by atoms with Crippen molar-refractivity contribution in [1.29, 1.82) is 0 Å². The summed E-state index contributed by atoms with van der Waals surface area (Å²) in [4.78, 5) is 14.9. The van der Waals surface area contributed by atoms with Gasteiger partial charge >= 0.3 is 0 Å². The van der Waals surface area contributed by atoms with Gasteiger partial charge in [0.2, 0.25) is 11.9 Å². The van der Waals surface area contributed by atoms with Gasteiger partial charge in [-0.25, -0.2) is 4.39 Å². The molecule has 1 aliphatic heterocycles. The Kier molecular flexibility index (Phi) is 6.40. The number of hydrogen-bond acceptors (Lipinski definition) is 5. The van der Waals surface area contributed by atoms with E-state index in [0.717, 1.165) is 16.7 Å². The molecule has 1 amide bonds. The number of carbonyl (C=O) groups excluding carboxylic acids is 1. The largest absolute Gasteiger partial charge is 0.493 e. The van der Waals surface area contributed by atoms with Gasteiger partial charge in [-0.1, -0.05) is 30.3 Å². The second-order valence-corrected chi connectivity index (χ2v) is 7.80. The van der Waals surface area contributed by atoms with Crippen molar-refractivity contribution in [3.63, 3.8) is 0 Å². The Hall–Kier alpha value is -3.74. The van der Waals surface area contributed by atoms with Crippen molar-refractivity contribution in [1.82, 2.24) is 4.90 Å². The van der Waals surface area contributed by atoms with Crippen LogP contribution < -0.4 is 18.9 Å². The van der Waals surface area contributed by atoms with E-state index < -0.39 is 12.1 Å². The molecule has 3 aromatic rings. The number of methoxy groups -OCH3 is 3. The molecule has 0 saturated carbocycles. The Morgan fingerprint density at radius 1 is 0.879 bits per heavy atom. The molecule has 4 rings (SSSR count). The summed E-state index contributed by atoms with van der Waals surface area (Å²) >= 11 is 0. The second kappa shape index (κ2) is 9.40. The van der Waals surface area contributed by atoms with Crippen LogP contribution in [0.1, 0.15) is 22.7 Å². The number of nitrogens with zero attached hydrogens (tertiary/aromatic N) is 1. The van der Waals surface area contributed by atoms with E-state index in [-0.39, 0.29) is 11.7 Å². The average molecular weight is 451 g/mol. The van der Waals surface area contributed by atoms with E-state index in [2.05, 4.69) is 0 Å². The van der Waals surface area contributed by atoms with Gasteiger partial charge in [0, 0.05) is 6.54 Å². The quantitative estimate of drug-likeness (QED) is 0.465. The van der Waals surface area contributed by atoms with Crippen molar-refractivity contribution < 1.29 is 28.1 Å². The van der Waals surface area contributed by atoms with Crippen LogP contribution in [0.15, 0.2) is 60.7 Å². The zero-order valence-electron chi connectivity index (χ0n) is 19.0. The van der Waals surface area contributed by atoms with Crippen molar-refractivity contribution >= 4 is 5.91 Å². The van der Waals surface area contributed by atoms with Crippen LogP contribution in [-0.4, -0.2) is 38.2 Å². The molecule has 7 heteroatoms. The van der Waals surface area contributed by atoms with Gasteiger partial charge in [-0.3, -0.25) is 4.79 Å². The molecule has 1 heterocycles. The third kappa shape index (κ3) is 4.31. The van der Waals surface area contributed by atoms with Crippen molar-refractivity contribution in [2.24, 2.45) is 0 Å². The van der Waals surface area contributed by atoms with Crippen molar-refractivity contribution in [3.05, 3.63) is 83.2 Å². The minimum atomic E-state index is -0.727. The topological polar surface area (TPSA) is 57.2 Å². The zero-order chi connectivity index (χ0) is 23.5.